The minimum absolute atomic E-state index is 0.0690. The Labute approximate surface area is 147 Å². The maximum atomic E-state index is 12.2. The number of halogens is 1. The summed E-state index contributed by atoms with van der Waals surface area (Å²) in [7, 11) is 0. The van der Waals surface area contributed by atoms with E-state index in [1.54, 1.807) is 6.07 Å². The molecule has 128 valence electrons. The summed E-state index contributed by atoms with van der Waals surface area (Å²) in [6.45, 7) is -0.533. The van der Waals surface area contributed by atoms with Crippen molar-refractivity contribution in [2.45, 2.75) is 0 Å². The van der Waals surface area contributed by atoms with Crippen molar-refractivity contribution in [3.63, 3.8) is 0 Å². The second kappa shape index (κ2) is 6.82. The fraction of sp³-hybridized carbons (Fsp3) is 0.118. The van der Waals surface area contributed by atoms with E-state index in [1.165, 1.54) is 30.3 Å². The molecule has 2 aromatic carbocycles. The van der Waals surface area contributed by atoms with Crippen LogP contribution in [-0.2, 0) is 9.53 Å². The number of hydrogen-bond donors (Lipinski definition) is 2. The molecular formula is C17H13ClN2O5. The van der Waals surface area contributed by atoms with E-state index in [0.29, 0.717) is 16.5 Å². The molecule has 0 fully saturated rings. The molecule has 1 amide bonds. The summed E-state index contributed by atoms with van der Waals surface area (Å²) >= 11 is 5.77. The van der Waals surface area contributed by atoms with Gasteiger partial charge in [0.25, 0.3) is 5.91 Å². The standard InChI is InChI=1S/C17H13ClN2O5/c18-10-2-3-11(12(19)6-10)17(23)25-7-14(21)9-1-4-15-13(5-9)20-16(22)8-24-15/h1-6H,7-8,19H2,(H,20,22). The Hall–Kier alpha value is -3.06. The molecule has 8 heteroatoms. The van der Waals surface area contributed by atoms with Gasteiger partial charge in [-0.25, -0.2) is 4.79 Å². The number of rotatable bonds is 4. The first-order valence-electron chi connectivity index (χ1n) is 7.26. The zero-order valence-electron chi connectivity index (χ0n) is 12.9. The SMILES string of the molecule is Nc1cc(Cl)ccc1C(=O)OCC(=O)c1ccc2c(c1)NC(=O)CO2. The van der Waals surface area contributed by atoms with Crippen LogP contribution in [0, 0.1) is 0 Å². The predicted octanol–water partition coefficient (Wildman–Crippen LogP) is 2.29. The van der Waals surface area contributed by atoms with Gasteiger partial charge >= 0.3 is 5.97 Å². The number of esters is 1. The Bertz CT molecular complexity index is 881. The van der Waals surface area contributed by atoms with Crippen LogP contribution in [-0.4, -0.2) is 30.9 Å². The number of Topliss-reactive ketones (excluding diaryl/α,β-unsaturated/α-hetero) is 1. The molecule has 0 unspecified atom stereocenters. The van der Waals surface area contributed by atoms with Crippen LogP contribution < -0.4 is 15.8 Å². The van der Waals surface area contributed by atoms with Crippen LogP contribution in [0.3, 0.4) is 0 Å². The number of benzene rings is 2. The molecule has 0 spiro atoms. The van der Waals surface area contributed by atoms with Crippen LogP contribution >= 0.6 is 11.6 Å². The maximum Gasteiger partial charge on any atom is 0.340 e. The highest BCUT2D eigenvalue weighted by molar-refractivity contribution is 6.31. The molecule has 1 heterocycles. The van der Waals surface area contributed by atoms with Gasteiger partial charge in [-0.3, -0.25) is 9.59 Å². The van der Waals surface area contributed by atoms with Gasteiger partial charge in [0.05, 0.1) is 11.3 Å². The van der Waals surface area contributed by atoms with E-state index in [1.807, 2.05) is 0 Å². The molecule has 7 nitrogen and oxygen atoms in total. The van der Waals surface area contributed by atoms with Gasteiger partial charge in [-0.1, -0.05) is 11.6 Å². The van der Waals surface area contributed by atoms with Crippen LogP contribution in [0.5, 0.6) is 5.75 Å². The van der Waals surface area contributed by atoms with Gasteiger partial charge in [0, 0.05) is 16.3 Å². The third kappa shape index (κ3) is 3.72. The summed E-state index contributed by atoms with van der Waals surface area (Å²) in [5, 5.41) is 3.00. The van der Waals surface area contributed by atoms with Crippen LogP contribution in [0.1, 0.15) is 20.7 Å². The number of hydrogen-bond acceptors (Lipinski definition) is 6. The lowest BCUT2D eigenvalue weighted by atomic mass is 10.1. The fourth-order valence-corrected chi connectivity index (χ4v) is 2.45. The highest BCUT2D eigenvalue weighted by Crippen LogP contribution is 2.28. The maximum absolute atomic E-state index is 12.2. The van der Waals surface area contributed by atoms with Crippen LogP contribution in [0.15, 0.2) is 36.4 Å². The number of nitrogens with two attached hydrogens (primary N) is 1. The Morgan fingerprint density at radius 1 is 1.24 bits per heavy atom. The van der Waals surface area contributed by atoms with E-state index < -0.39 is 18.4 Å². The van der Waals surface area contributed by atoms with E-state index in [0.717, 1.165) is 0 Å². The highest BCUT2D eigenvalue weighted by atomic mass is 35.5. The number of nitrogens with one attached hydrogen (secondary N) is 1. The number of ketones is 1. The van der Waals surface area contributed by atoms with E-state index in [-0.39, 0.29) is 29.3 Å². The lowest BCUT2D eigenvalue weighted by molar-refractivity contribution is -0.118. The molecule has 0 saturated heterocycles. The summed E-state index contributed by atoms with van der Waals surface area (Å²) < 4.78 is 10.2. The van der Waals surface area contributed by atoms with Crippen molar-refractivity contribution < 1.29 is 23.9 Å². The number of fused-ring (bicyclic) bond motifs is 1. The number of nitrogen functional groups attached to an aromatic ring is 1. The number of ether oxygens (including phenoxy) is 2. The third-order valence-corrected chi connectivity index (χ3v) is 3.74. The van der Waals surface area contributed by atoms with Gasteiger partial charge in [-0.2, -0.15) is 0 Å². The van der Waals surface area contributed by atoms with Crippen molar-refractivity contribution >= 4 is 40.6 Å². The van der Waals surface area contributed by atoms with Gasteiger partial charge in [0.2, 0.25) is 0 Å². The molecular weight excluding hydrogens is 348 g/mol. The molecule has 1 aliphatic heterocycles. The summed E-state index contributed by atoms with van der Waals surface area (Å²) in [6, 6.07) is 8.92. The Morgan fingerprint density at radius 3 is 2.80 bits per heavy atom. The Balaban J connectivity index is 1.67. The number of carbonyl (C=O) groups excluding carboxylic acids is 3. The van der Waals surface area contributed by atoms with Crippen molar-refractivity contribution in [1.82, 2.24) is 0 Å². The van der Waals surface area contributed by atoms with E-state index >= 15 is 0 Å². The first kappa shape index (κ1) is 16.8. The third-order valence-electron chi connectivity index (χ3n) is 3.50. The first-order valence-corrected chi connectivity index (χ1v) is 7.64. The lowest BCUT2D eigenvalue weighted by Crippen LogP contribution is -2.25. The second-order valence-electron chi connectivity index (χ2n) is 5.28. The summed E-state index contributed by atoms with van der Waals surface area (Å²) in [5.41, 5.74) is 6.68. The van der Waals surface area contributed by atoms with Crippen molar-refractivity contribution in [2.24, 2.45) is 0 Å². The summed E-state index contributed by atoms with van der Waals surface area (Å²) in [5.74, 6) is -0.982. The van der Waals surface area contributed by atoms with Crippen LogP contribution in [0.2, 0.25) is 5.02 Å². The fourth-order valence-electron chi connectivity index (χ4n) is 2.27. The number of anilines is 2. The molecule has 3 N–H and O–H groups in total. The Morgan fingerprint density at radius 2 is 2.04 bits per heavy atom. The zero-order valence-corrected chi connectivity index (χ0v) is 13.6. The molecule has 0 bridgehead atoms. The predicted molar refractivity (Wildman–Crippen MR) is 91.0 cm³/mol. The molecule has 0 saturated carbocycles. The molecule has 0 radical (unpaired) electrons. The van der Waals surface area contributed by atoms with Crippen LogP contribution in [0.4, 0.5) is 11.4 Å². The second-order valence-corrected chi connectivity index (χ2v) is 5.72. The van der Waals surface area contributed by atoms with Gasteiger partial charge in [-0.15, -0.1) is 0 Å². The monoisotopic (exact) mass is 360 g/mol. The van der Waals surface area contributed by atoms with Crippen molar-refractivity contribution in [3.8, 4) is 5.75 Å². The zero-order chi connectivity index (χ0) is 18.0. The minimum atomic E-state index is -0.725. The molecule has 0 aromatic heterocycles. The van der Waals surface area contributed by atoms with Crippen LogP contribution in [0.25, 0.3) is 0 Å². The van der Waals surface area contributed by atoms with Crippen molar-refractivity contribution in [2.75, 3.05) is 24.3 Å². The quantitative estimate of drug-likeness (QED) is 0.492. The normalized spacial score (nSPS) is 12.6. The first-order chi connectivity index (χ1) is 11.9. The molecule has 0 atom stereocenters. The minimum Gasteiger partial charge on any atom is -0.482 e. The molecule has 25 heavy (non-hydrogen) atoms. The van der Waals surface area contributed by atoms with Gasteiger partial charge in [0.15, 0.2) is 19.0 Å². The van der Waals surface area contributed by atoms with E-state index in [9.17, 15) is 14.4 Å². The number of carbonyl (C=O) groups is 3. The van der Waals surface area contributed by atoms with Gasteiger partial charge in [-0.05, 0) is 36.4 Å². The smallest absolute Gasteiger partial charge is 0.340 e. The Kier molecular flexibility index (Phi) is 4.58. The number of amides is 1. The highest BCUT2D eigenvalue weighted by Gasteiger charge is 2.19. The summed E-state index contributed by atoms with van der Waals surface area (Å²) in [6.07, 6.45) is 0. The van der Waals surface area contributed by atoms with E-state index in [4.69, 9.17) is 26.8 Å². The molecule has 2 aromatic rings. The van der Waals surface area contributed by atoms with Crippen molar-refractivity contribution in [3.05, 3.63) is 52.5 Å². The largest absolute Gasteiger partial charge is 0.482 e. The van der Waals surface area contributed by atoms with Gasteiger partial charge < -0.3 is 20.5 Å². The molecule has 1 aliphatic rings. The van der Waals surface area contributed by atoms with Gasteiger partial charge in [0.1, 0.15) is 5.75 Å². The average molecular weight is 361 g/mol. The average Bonchev–Trinajstić information content (AvgIpc) is 2.58. The molecule has 0 aliphatic carbocycles. The topological polar surface area (TPSA) is 108 Å². The lowest BCUT2D eigenvalue weighted by Gasteiger charge is -2.18. The van der Waals surface area contributed by atoms with Crippen molar-refractivity contribution in [1.29, 1.82) is 0 Å². The van der Waals surface area contributed by atoms with E-state index in [2.05, 4.69) is 5.32 Å². The summed E-state index contributed by atoms with van der Waals surface area (Å²) in [4.78, 5) is 35.5. The molecule has 3 rings (SSSR count).